The van der Waals surface area contributed by atoms with Gasteiger partial charge in [0.1, 0.15) is 5.82 Å². The van der Waals surface area contributed by atoms with Crippen LogP contribution in [-0.4, -0.2) is 60.5 Å². The summed E-state index contributed by atoms with van der Waals surface area (Å²) in [5.74, 6) is -0.530. The number of likely N-dealkylation sites (tertiary alicyclic amines) is 1. The summed E-state index contributed by atoms with van der Waals surface area (Å²) < 4.78 is 17.7. The molecule has 1 aliphatic rings. The first kappa shape index (κ1) is 18.8. The molecular weight excluding hydrogens is 313 g/mol. The molecule has 2 N–H and O–H groups in total. The predicted molar refractivity (Wildman–Crippen MR) is 87.9 cm³/mol. The van der Waals surface area contributed by atoms with Crippen molar-refractivity contribution in [3.8, 4) is 0 Å². The number of esters is 1. The zero-order valence-corrected chi connectivity index (χ0v) is 14.1. The second-order valence-electron chi connectivity index (χ2n) is 6.58. The lowest BCUT2D eigenvalue weighted by Gasteiger charge is -2.45. The predicted octanol–water partition coefficient (Wildman–Crippen LogP) is 1.37. The Morgan fingerprint density at radius 3 is 2.75 bits per heavy atom. The molecule has 134 valence electrons. The highest BCUT2D eigenvalue weighted by atomic mass is 19.1. The molecule has 1 aromatic rings. The number of halogens is 1. The topological polar surface area (TPSA) is 70.0 Å². The number of carbonyl (C=O) groups excluding carboxylic acids is 1. The summed E-state index contributed by atoms with van der Waals surface area (Å²) in [4.78, 5) is 13.4. The number of aliphatic hydroxyl groups excluding tert-OH is 2. The van der Waals surface area contributed by atoms with E-state index >= 15 is 0 Å². The van der Waals surface area contributed by atoms with E-state index in [4.69, 9.17) is 0 Å². The Labute approximate surface area is 142 Å². The molecule has 0 aliphatic carbocycles. The fourth-order valence-electron chi connectivity index (χ4n) is 3.37. The molecule has 1 heterocycles. The second kappa shape index (κ2) is 8.55. The quantitative estimate of drug-likeness (QED) is 0.734. The van der Waals surface area contributed by atoms with Gasteiger partial charge in [0, 0.05) is 24.9 Å². The van der Waals surface area contributed by atoms with Crippen molar-refractivity contribution in [2.45, 2.75) is 31.8 Å². The monoisotopic (exact) mass is 339 g/mol. The average Bonchev–Trinajstić information content (AvgIpc) is 2.59. The lowest BCUT2D eigenvalue weighted by molar-refractivity contribution is -0.140. The van der Waals surface area contributed by atoms with Crippen LogP contribution in [-0.2, 0) is 16.0 Å². The van der Waals surface area contributed by atoms with Crippen molar-refractivity contribution >= 4 is 5.97 Å². The molecule has 2 atom stereocenters. The standard InChI is InChI=1S/C18H26FNO4/c1-24-17(23)3-2-9-20-10-8-16(22)18(12-20,13-21)11-14-4-6-15(19)7-5-14/h4-7,16,21-22H,2-3,8-13H2,1H3/t16-,18-/m0/s1. The smallest absolute Gasteiger partial charge is 0.305 e. The minimum absolute atomic E-state index is 0.140. The zero-order valence-electron chi connectivity index (χ0n) is 14.1. The molecule has 1 aromatic carbocycles. The van der Waals surface area contributed by atoms with Crippen molar-refractivity contribution in [2.24, 2.45) is 5.41 Å². The van der Waals surface area contributed by atoms with Crippen LogP contribution in [0.1, 0.15) is 24.8 Å². The van der Waals surface area contributed by atoms with Gasteiger partial charge in [0.2, 0.25) is 0 Å². The summed E-state index contributed by atoms with van der Waals surface area (Å²) in [6.45, 7) is 1.85. The fraction of sp³-hybridized carbons (Fsp3) is 0.611. The van der Waals surface area contributed by atoms with Gasteiger partial charge < -0.3 is 19.8 Å². The Hall–Kier alpha value is -1.50. The first-order chi connectivity index (χ1) is 11.5. The Morgan fingerprint density at radius 1 is 1.42 bits per heavy atom. The third-order valence-corrected chi connectivity index (χ3v) is 4.83. The third-order valence-electron chi connectivity index (χ3n) is 4.83. The van der Waals surface area contributed by atoms with E-state index in [-0.39, 0.29) is 18.4 Å². The van der Waals surface area contributed by atoms with Crippen LogP contribution >= 0.6 is 0 Å². The van der Waals surface area contributed by atoms with Crippen LogP contribution in [0.5, 0.6) is 0 Å². The Bertz CT molecular complexity index is 536. The average molecular weight is 339 g/mol. The van der Waals surface area contributed by atoms with E-state index in [9.17, 15) is 19.4 Å². The van der Waals surface area contributed by atoms with Gasteiger partial charge in [-0.2, -0.15) is 0 Å². The number of ether oxygens (including phenoxy) is 1. The Morgan fingerprint density at radius 2 is 2.12 bits per heavy atom. The van der Waals surface area contributed by atoms with E-state index in [1.807, 2.05) is 0 Å². The maximum Gasteiger partial charge on any atom is 0.305 e. The molecule has 0 radical (unpaired) electrons. The third kappa shape index (κ3) is 4.75. The molecule has 6 heteroatoms. The van der Waals surface area contributed by atoms with Crippen LogP contribution in [0, 0.1) is 11.2 Å². The lowest BCUT2D eigenvalue weighted by Crippen LogP contribution is -2.55. The molecule has 1 fully saturated rings. The van der Waals surface area contributed by atoms with Gasteiger partial charge in [-0.15, -0.1) is 0 Å². The van der Waals surface area contributed by atoms with Gasteiger partial charge >= 0.3 is 5.97 Å². The minimum atomic E-state index is -0.665. The number of piperidine rings is 1. The van der Waals surface area contributed by atoms with Crippen molar-refractivity contribution in [1.29, 1.82) is 0 Å². The number of carbonyl (C=O) groups is 1. The summed E-state index contributed by atoms with van der Waals surface area (Å²) >= 11 is 0. The van der Waals surface area contributed by atoms with Gasteiger partial charge in [0.05, 0.1) is 19.8 Å². The molecule has 1 saturated heterocycles. The van der Waals surface area contributed by atoms with Crippen molar-refractivity contribution in [2.75, 3.05) is 33.4 Å². The highest BCUT2D eigenvalue weighted by Gasteiger charge is 2.42. The highest BCUT2D eigenvalue weighted by molar-refractivity contribution is 5.69. The molecule has 0 saturated carbocycles. The van der Waals surface area contributed by atoms with Crippen LogP contribution in [0.4, 0.5) is 4.39 Å². The van der Waals surface area contributed by atoms with E-state index in [0.717, 1.165) is 12.1 Å². The number of nitrogens with zero attached hydrogens (tertiary/aromatic N) is 1. The number of rotatable bonds is 7. The lowest BCUT2D eigenvalue weighted by atomic mass is 9.73. The van der Waals surface area contributed by atoms with Crippen LogP contribution in [0.25, 0.3) is 0 Å². The van der Waals surface area contributed by atoms with Crippen molar-refractivity contribution in [1.82, 2.24) is 4.90 Å². The molecule has 1 aliphatic heterocycles. The van der Waals surface area contributed by atoms with Crippen molar-refractivity contribution in [3.63, 3.8) is 0 Å². The number of hydrogen-bond acceptors (Lipinski definition) is 5. The number of benzene rings is 1. The summed E-state index contributed by atoms with van der Waals surface area (Å²) in [6.07, 6.45) is 1.49. The van der Waals surface area contributed by atoms with Gasteiger partial charge in [0.15, 0.2) is 0 Å². The molecule has 2 rings (SSSR count). The maximum atomic E-state index is 13.1. The van der Waals surface area contributed by atoms with Gasteiger partial charge in [-0.1, -0.05) is 12.1 Å². The molecule has 0 aromatic heterocycles. The van der Waals surface area contributed by atoms with E-state index in [2.05, 4.69) is 9.64 Å². The van der Waals surface area contributed by atoms with Crippen LogP contribution < -0.4 is 0 Å². The maximum absolute atomic E-state index is 13.1. The van der Waals surface area contributed by atoms with Crippen LogP contribution in [0.2, 0.25) is 0 Å². The molecule has 0 amide bonds. The highest BCUT2D eigenvalue weighted by Crippen LogP contribution is 2.34. The van der Waals surface area contributed by atoms with E-state index in [0.29, 0.717) is 38.8 Å². The molecular formula is C18H26FNO4. The van der Waals surface area contributed by atoms with Gasteiger partial charge in [-0.05, 0) is 43.5 Å². The minimum Gasteiger partial charge on any atom is -0.469 e. The summed E-state index contributed by atoms with van der Waals surface area (Å²) in [5.41, 5.74) is 0.224. The normalized spacial score (nSPS) is 24.8. The zero-order chi connectivity index (χ0) is 17.6. The van der Waals surface area contributed by atoms with Gasteiger partial charge in [-0.25, -0.2) is 4.39 Å². The first-order valence-corrected chi connectivity index (χ1v) is 8.31. The van der Waals surface area contributed by atoms with Crippen LogP contribution in [0.3, 0.4) is 0 Å². The molecule has 0 bridgehead atoms. The Balaban J connectivity index is 2.00. The largest absolute Gasteiger partial charge is 0.469 e. The van der Waals surface area contributed by atoms with Gasteiger partial charge in [-0.3, -0.25) is 4.79 Å². The fourth-order valence-corrected chi connectivity index (χ4v) is 3.37. The number of methoxy groups -OCH3 is 1. The van der Waals surface area contributed by atoms with E-state index in [1.54, 1.807) is 12.1 Å². The second-order valence-corrected chi connectivity index (χ2v) is 6.58. The summed E-state index contributed by atoms with van der Waals surface area (Å²) in [7, 11) is 1.37. The molecule has 24 heavy (non-hydrogen) atoms. The number of aliphatic hydroxyl groups is 2. The summed E-state index contributed by atoms with van der Waals surface area (Å²) in [5, 5.41) is 20.4. The molecule has 5 nitrogen and oxygen atoms in total. The number of hydrogen-bond donors (Lipinski definition) is 2. The van der Waals surface area contributed by atoms with E-state index < -0.39 is 11.5 Å². The van der Waals surface area contributed by atoms with Crippen LogP contribution in [0.15, 0.2) is 24.3 Å². The Kier molecular flexibility index (Phi) is 6.71. The van der Waals surface area contributed by atoms with E-state index in [1.165, 1.54) is 19.2 Å². The summed E-state index contributed by atoms with van der Waals surface area (Å²) in [6, 6.07) is 6.17. The SMILES string of the molecule is COC(=O)CCCN1CC[C@H](O)[C@@](CO)(Cc2ccc(F)cc2)C1. The van der Waals surface area contributed by atoms with Crippen molar-refractivity contribution < 1.29 is 24.1 Å². The molecule has 0 unspecified atom stereocenters. The molecule has 0 spiro atoms. The van der Waals surface area contributed by atoms with Gasteiger partial charge in [0.25, 0.3) is 0 Å². The first-order valence-electron chi connectivity index (χ1n) is 8.31. The van der Waals surface area contributed by atoms with Crippen molar-refractivity contribution in [3.05, 3.63) is 35.6 Å².